The molecule has 4 aromatic rings. The van der Waals surface area contributed by atoms with Crippen LogP contribution in [0.3, 0.4) is 0 Å². The number of hydrogen-bond donors (Lipinski definition) is 1. The average molecular weight is 300 g/mol. The van der Waals surface area contributed by atoms with E-state index in [4.69, 9.17) is 0 Å². The van der Waals surface area contributed by atoms with Gasteiger partial charge in [-0.05, 0) is 23.3 Å². The first kappa shape index (κ1) is 13.6. The Bertz CT molecular complexity index is 945. The van der Waals surface area contributed by atoms with Gasteiger partial charge in [-0.1, -0.05) is 72.8 Å². The second-order valence-electron chi connectivity index (χ2n) is 5.54. The molecule has 0 spiro atoms. The van der Waals surface area contributed by atoms with Crippen LogP contribution in [0.5, 0.6) is 0 Å². The predicted molar refractivity (Wildman–Crippen MR) is 92.7 cm³/mol. The van der Waals surface area contributed by atoms with Crippen molar-refractivity contribution in [3.05, 3.63) is 107 Å². The van der Waals surface area contributed by atoms with Gasteiger partial charge in [-0.3, -0.25) is 4.57 Å². The third-order valence-electron chi connectivity index (χ3n) is 4.11. The lowest BCUT2D eigenvalue weighted by Gasteiger charge is -2.20. The molecule has 3 aromatic carbocycles. The molecule has 0 atom stereocenters. The quantitative estimate of drug-likeness (QED) is 0.611. The van der Waals surface area contributed by atoms with Gasteiger partial charge in [0, 0.05) is 0 Å². The number of hydrogen-bond acceptors (Lipinski definition) is 1. The molecule has 0 aliphatic carbocycles. The molecule has 1 heterocycles. The van der Waals surface area contributed by atoms with Crippen LogP contribution in [0.2, 0.25) is 0 Å². The number of aromatic nitrogens is 2. The number of rotatable bonds is 3. The highest BCUT2D eigenvalue weighted by Gasteiger charge is 2.20. The van der Waals surface area contributed by atoms with Crippen LogP contribution in [0.25, 0.3) is 11.0 Å². The molecule has 3 heteroatoms. The van der Waals surface area contributed by atoms with E-state index in [1.165, 1.54) is 0 Å². The lowest BCUT2D eigenvalue weighted by Crippen LogP contribution is -2.24. The van der Waals surface area contributed by atoms with Crippen LogP contribution in [0.1, 0.15) is 17.2 Å². The monoisotopic (exact) mass is 300 g/mol. The number of aromatic amines is 1. The number of nitrogens with one attached hydrogen (secondary N) is 1. The molecule has 4 rings (SSSR count). The van der Waals surface area contributed by atoms with E-state index in [1.54, 1.807) is 0 Å². The molecule has 0 amide bonds. The van der Waals surface area contributed by atoms with Crippen LogP contribution in [-0.2, 0) is 0 Å². The standard InChI is InChI=1S/C20H16N2O/c23-20-21-17-13-7-8-14-18(17)22(20)19(15-9-3-1-4-10-15)16-11-5-2-6-12-16/h1-14,19H,(H,21,23). The summed E-state index contributed by atoms with van der Waals surface area (Å²) in [7, 11) is 0. The minimum atomic E-state index is -0.152. The van der Waals surface area contributed by atoms with Crippen molar-refractivity contribution in [2.45, 2.75) is 6.04 Å². The van der Waals surface area contributed by atoms with E-state index in [9.17, 15) is 4.79 Å². The number of H-pyrrole nitrogens is 1. The lowest BCUT2D eigenvalue weighted by atomic mass is 9.98. The second-order valence-corrected chi connectivity index (χ2v) is 5.54. The van der Waals surface area contributed by atoms with Gasteiger partial charge in [0.2, 0.25) is 0 Å². The van der Waals surface area contributed by atoms with Crippen molar-refractivity contribution in [2.75, 3.05) is 0 Å². The van der Waals surface area contributed by atoms with Gasteiger partial charge >= 0.3 is 5.69 Å². The van der Waals surface area contributed by atoms with Crippen molar-refractivity contribution in [1.82, 2.24) is 9.55 Å². The normalized spacial score (nSPS) is 11.2. The zero-order valence-electron chi connectivity index (χ0n) is 12.5. The molecule has 0 saturated carbocycles. The Morgan fingerprint density at radius 1 is 0.696 bits per heavy atom. The summed E-state index contributed by atoms with van der Waals surface area (Å²) >= 11 is 0. The smallest absolute Gasteiger partial charge is 0.306 e. The first-order valence-corrected chi connectivity index (χ1v) is 7.64. The highest BCUT2D eigenvalue weighted by atomic mass is 16.1. The van der Waals surface area contributed by atoms with E-state index in [2.05, 4.69) is 29.2 Å². The molecular formula is C20H16N2O. The van der Waals surface area contributed by atoms with Crippen LogP contribution in [0, 0.1) is 0 Å². The molecule has 0 radical (unpaired) electrons. The van der Waals surface area contributed by atoms with E-state index in [1.807, 2.05) is 65.2 Å². The van der Waals surface area contributed by atoms with Crippen molar-refractivity contribution < 1.29 is 0 Å². The lowest BCUT2D eigenvalue weighted by molar-refractivity contribution is 0.673. The molecule has 3 nitrogen and oxygen atoms in total. The SMILES string of the molecule is O=c1[nH]c2ccccc2n1C(c1ccccc1)c1ccccc1. The summed E-state index contributed by atoms with van der Waals surface area (Å²) in [6.07, 6.45) is 0. The largest absolute Gasteiger partial charge is 0.327 e. The molecule has 0 bridgehead atoms. The van der Waals surface area contributed by atoms with Crippen molar-refractivity contribution in [3.63, 3.8) is 0 Å². The Hall–Kier alpha value is -3.07. The first-order valence-electron chi connectivity index (χ1n) is 7.64. The van der Waals surface area contributed by atoms with E-state index >= 15 is 0 Å². The van der Waals surface area contributed by atoms with Gasteiger partial charge in [-0.15, -0.1) is 0 Å². The van der Waals surface area contributed by atoms with Crippen molar-refractivity contribution >= 4 is 11.0 Å². The molecule has 112 valence electrons. The topological polar surface area (TPSA) is 37.8 Å². The van der Waals surface area contributed by atoms with Crippen molar-refractivity contribution in [3.8, 4) is 0 Å². The summed E-state index contributed by atoms with van der Waals surface area (Å²) in [5.74, 6) is 0. The fourth-order valence-electron chi connectivity index (χ4n) is 3.09. The Balaban J connectivity index is 2.02. The van der Waals surface area contributed by atoms with Gasteiger partial charge in [0.05, 0.1) is 17.1 Å². The van der Waals surface area contributed by atoms with E-state index < -0.39 is 0 Å². The highest BCUT2D eigenvalue weighted by Crippen LogP contribution is 2.28. The van der Waals surface area contributed by atoms with Crippen molar-refractivity contribution in [2.24, 2.45) is 0 Å². The van der Waals surface area contributed by atoms with E-state index in [0.29, 0.717) is 0 Å². The fourth-order valence-corrected chi connectivity index (χ4v) is 3.09. The number of nitrogens with zero attached hydrogens (tertiary/aromatic N) is 1. The molecule has 23 heavy (non-hydrogen) atoms. The molecule has 0 saturated heterocycles. The van der Waals surface area contributed by atoms with E-state index in [0.717, 1.165) is 22.2 Å². The van der Waals surface area contributed by atoms with Gasteiger partial charge in [-0.25, -0.2) is 4.79 Å². The highest BCUT2D eigenvalue weighted by molar-refractivity contribution is 5.75. The van der Waals surface area contributed by atoms with Crippen LogP contribution in [0.15, 0.2) is 89.7 Å². The zero-order chi connectivity index (χ0) is 15.6. The first-order chi connectivity index (χ1) is 11.3. The minimum absolute atomic E-state index is 0.0936. The van der Waals surface area contributed by atoms with Crippen LogP contribution in [0.4, 0.5) is 0 Å². The second kappa shape index (κ2) is 5.61. The summed E-state index contributed by atoms with van der Waals surface area (Å²) in [6, 6.07) is 27.9. The predicted octanol–water partition coefficient (Wildman–Crippen LogP) is 3.97. The van der Waals surface area contributed by atoms with Gasteiger partial charge in [0.1, 0.15) is 0 Å². The van der Waals surface area contributed by atoms with Gasteiger partial charge in [-0.2, -0.15) is 0 Å². The maximum absolute atomic E-state index is 12.6. The Morgan fingerprint density at radius 3 is 1.83 bits per heavy atom. The van der Waals surface area contributed by atoms with Gasteiger partial charge in [0.25, 0.3) is 0 Å². The Labute approximate surface area is 133 Å². The zero-order valence-corrected chi connectivity index (χ0v) is 12.5. The molecule has 0 aliphatic rings. The minimum Gasteiger partial charge on any atom is -0.306 e. The van der Waals surface area contributed by atoms with Crippen molar-refractivity contribution in [1.29, 1.82) is 0 Å². The Morgan fingerprint density at radius 2 is 1.22 bits per heavy atom. The number of fused-ring (bicyclic) bond motifs is 1. The van der Waals surface area contributed by atoms with Gasteiger partial charge < -0.3 is 4.98 Å². The summed E-state index contributed by atoms with van der Waals surface area (Å²) in [5, 5.41) is 0. The van der Waals surface area contributed by atoms with E-state index in [-0.39, 0.29) is 11.7 Å². The molecule has 0 unspecified atom stereocenters. The third kappa shape index (κ3) is 2.36. The third-order valence-corrected chi connectivity index (χ3v) is 4.11. The summed E-state index contributed by atoms with van der Waals surface area (Å²) in [6.45, 7) is 0. The molecule has 1 aromatic heterocycles. The molecule has 0 aliphatic heterocycles. The van der Waals surface area contributed by atoms with Gasteiger partial charge in [0.15, 0.2) is 0 Å². The number of imidazole rings is 1. The Kier molecular flexibility index (Phi) is 3.31. The summed E-state index contributed by atoms with van der Waals surface area (Å²) in [5.41, 5.74) is 3.85. The molecular weight excluding hydrogens is 284 g/mol. The summed E-state index contributed by atoms with van der Waals surface area (Å²) < 4.78 is 1.83. The summed E-state index contributed by atoms with van der Waals surface area (Å²) in [4.78, 5) is 15.6. The number of para-hydroxylation sites is 2. The fraction of sp³-hybridized carbons (Fsp3) is 0.0500. The molecule has 0 fully saturated rings. The van der Waals surface area contributed by atoms with Crippen LogP contribution < -0.4 is 5.69 Å². The van der Waals surface area contributed by atoms with Crippen LogP contribution >= 0.6 is 0 Å². The maximum atomic E-state index is 12.6. The maximum Gasteiger partial charge on any atom is 0.327 e. The van der Waals surface area contributed by atoms with Crippen LogP contribution in [-0.4, -0.2) is 9.55 Å². The molecule has 1 N–H and O–H groups in total. The average Bonchev–Trinajstić information content (AvgIpc) is 2.94. The number of benzene rings is 3.